The Hall–Kier alpha value is -5.86. The zero-order chi connectivity index (χ0) is 36.7. The number of benzene rings is 6. The number of nitrogens with zero attached hydrogens (tertiary/aromatic N) is 1. The lowest BCUT2D eigenvalue weighted by Crippen LogP contribution is -2.37. The number of furan rings is 1. The van der Waals surface area contributed by atoms with Crippen molar-refractivity contribution in [3.05, 3.63) is 202 Å². The van der Waals surface area contributed by atoms with Crippen LogP contribution in [0, 0.1) is 0 Å². The lowest BCUT2D eigenvalue weighted by Gasteiger charge is -2.40. The van der Waals surface area contributed by atoms with Gasteiger partial charge in [0.2, 0.25) is 0 Å². The molecule has 0 aliphatic heterocycles. The van der Waals surface area contributed by atoms with Gasteiger partial charge in [-0.1, -0.05) is 141 Å². The molecule has 0 saturated heterocycles. The van der Waals surface area contributed by atoms with Gasteiger partial charge in [-0.25, -0.2) is 0 Å². The number of hydrogen-bond donors (Lipinski definition) is 0. The van der Waals surface area contributed by atoms with Crippen LogP contribution in [-0.2, 0) is 11.8 Å². The molecule has 2 nitrogen and oxygen atoms in total. The Labute approximate surface area is 324 Å². The monoisotopic (exact) mass is 711 g/mol. The summed E-state index contributed by atoms with van der Waals surface area (Å²) in [6.07, 6.45) is 13.8. The molecule has 268 valence electrons. The fourth-order valence-electron chi connectivity index (χ4n) is 11.0. The minimum atomic E-state index is -0.407. The maximum atomic E-state index is 6.47. The molecule has 0 amide bonds. The molecule has 11 rings (SSSR count). The third kappa shape index (κ3) is 4.67. The summed E-state index contributed by atoms with van der Waals surface area (Å²) in [5.74, 6) is 0.341. The van der Waals surface area contributed by atoms with Gasteiger partial charge in [-0.3, -0.25) is 0 Å². The molecule has 1 heterocycles. The lowest BCUT2D eigenvalue weighted by molar-refractivity contribution is 0.558. The van der Waals surface area contributed by atoms with Crippen molar-refractivity contribution in [1.82, 2.24) is 0 Å². The fourth-order valence-corrected chi connectivity index (χ4v) is 11.0. The van der Waals surface area contributed by atoms with Crippen molar-refractivity contribution in [1.29, 1.82) is 0 Å². The molecule has 0 bridgehead atoms. The Bertz CT molecular complexity index is 2700. The predicted octanol–water partition coefficient (Wildman–Crippen LogP) is 13.7. The van der Waals surface area contributed by atoms with Gasteiger partial charge in [0.1, 0.15) is 11.2 Å². The molecular weight excluding hydrogens is 667 g/mol. The van der Waals surface area contributed by atoms with E-state index in [0.717, 1.165) is 49.7 Å². The van der Waals surface area contributed by atoms with E-state index in [1.54, 1.807) is 11.1 Å². The highest BCUT2D eigenvalue weighted by Gasteiger charge is 2.52. The van der Waals surface area contributed by atoms with Gasteiger partial charge in [0.25, 0.3) is 0 Å². The highest BCUT2D eigenvalue weighted by molar-refractivity contribution is 6.15. The molecule has 1 aromatic heterocycles. The van der Waals surface area contributed by atoms with Gasteiger partial charge < -0.3 is 9.32 Å². The summed E-state index contributed by atoms with van der Waals surface area (Å²) in [7, 11) is 0. The SMILES string of the molecule is CCC1=C(c2ccccc2CC)CCC(N(C2=CC(c3ccccc3)CC=C2)c2ccc3c(c2)C2(c4ccccc4-3)c3cccc4oc5cccc2c5c34)C1. The second-order valence-corrected chi connectivity index (χ2v) is 15.9. The van der Waals surface area contributed by atoms with Crippen LogP contribution in [0.1, 0.15) is 90.8 Å². The van der Waals surface area contributed by atoms with E-state index < -0.39 is 5.41 Å². The summed E-state index contributed by atoms with van der Waals surface area (Å²) in [6.45, 7) is 4.66. The van der Waals surface area contributed by atoms with E-state index in [1.807, 2.05) is 0 Å². The number of anilines is 1. The summed E-state index contributed by atoms with van der Waals surface area (Å²) in [6, 6.07) is 50.5. The first kappa shape index (κ1) is 32.6. The van der Waals surface area contributed by atoms with Crippen LogP contribution in [0.3, 0.4) is 0 Å². The average molecular weight is 712 g/mol. The van der Waals surface area contributed by atoms with Crippen LogP contribution < -0.4 is 4.90 Å². The number of fused-ring (bicyclic) bond motifs is 7. The molecule has 6 aromatic carbocycles. The molecule has 4 aliphatic carbocycles. The van der Waals surface area contributed by atoms with Crippen LogP contribution in [0.2, 0.25) is 0 Å². The van der Waals surface area contributed by atoms with Gasteiger partial charge in [0.15, 0.2) is 0 Å². The molecule has 0 N–H and O–H groups in total. The van der Waals surface area contributed by atoms with E-state index in [4.69, 9.17) is 4.42 Å². The summed E-state index contributed by atoms with van der Waals surface area (Å²) in [5, 5.41) is 2.54. The molecule has 4 aliphatic rings. The molecule has 2 heteroatoms. The summed E-state index contributed by atoms with van der Waals surface area (Å²) in [5.41, 5.74) is 19.7. The van der Waals surface area contributed by atoms with Crippen molar-refractivity contribution in [3.63, 3.8) is 0 Å². The van der Waals surface area contributed by atoms with Crippen LogP contribution in [0.25, 0.3) is 38.6 Å². The third-order valence-corrected chi connectivity index (χ3v) is 13.3. The standard InChI is InChI=1S/C53H45NO/c1-3-34-15-8-9-20-41(34)42-29-27-39(31-35(42)4-2)54(38-19-12-18-37(32-38)36-16-6-5-7-17-36)40-28-30-44-43-21-10-11-22-45(43)53(48(44)33-40)46-23-13-25-49-51(46)52-47(53)24-14-26-50(52)55-49/h5-17,19-26,28,30,32-33,37,39H,3-4,18,27,29,31H2,1-2H3. The normalized spacial score (nSPS) is 19.1. The third-order valence-electron chi connectivity index (χ3n) is 13.3. The Morgan fingerprint density at radius 2 is 1.35 bits per heavy atom. The van der Waals surface area contributed by atoms with Gasteiger partial charge in [-0.15, -0.1) is 0 Å². The molecule has 0 fully saturated rings. The van der Waals surface area contributed by atoms with Crippen molar-refractivity contribution < 1.29 is 4.42 Å². The minimum absolute atomic E-state index is 0.337. The van der Waals surface area contributed by atoms with E-state index in [-0.39, 0.29) is 0 Å². The van der Waals surface area contributed by atoms with Crippen molar-refractivity contribution in [2.45, 2.75) is 69.7 Å². The number of allylic oxidation sites excluding steroid dienone is 4. The Balaban J connectivity index is 1.11. The Morgan fingerprint density at radius 3 is 2.11 bits per heavy atom. The van der Waals surface area contributed by atoms with Crippen molar-refractivity contribution in [2.24, 2.45) is 0 Å². The highest BCUT2D eigenvalue weighted by atomic mass is 16.3. The molecule has 55 heavy (non-hydrogen) atoms. The predicted molar refractivity (Wildman–Crippen MR) is 229 cm³/mol. The molecule has 2 unspecified atom stereocenters. The van der Waals surface area contributed by atoms with E-state index in [9.17, 15) is 0 Å². The maximum Gasteiger partial charge on any atom is 0.135 e. The van der Waals surface area contributed by atoms with Crippen molar-refractivity contribution in [3.8, 4) is 11.1 Å². The van der Waals surface area contributed by atoms with Gasteiger partial charge in [0.05, 0.1) is 5.41 Å². The van der Waals surface area contributed by atoms with Crippen LogP contribution in [0.15, 0.2) is 167 Å². The van der Waals surface area contributed by atoms with Crippen LogP contribution in [0.4, 0.5) is 5.69 Å². The summed E-state index contributed by atoms with van der Waals surface area (Å²) < 4.78 is 6.47. The average Bonchev–Trinajstić information content (AvgIpc) is 3.89. The van der Waals surface area contributed by atoms with Gasteiger partial charge in [0, 0.05) is 34.1 Å². The Morgan fingerprint density at radius 1 is 0.655 bits per heavy atom. The first-order chi connectivity index (χ1) is 27.2. The molecule has 2 atom stereocenters. The fraction of sp³-hybridized carbons (Fsp3) is 0.208. The number of hydrogen-bond acceptors (Lipinski definition) is 2. The largest absolute Gasteiger partial charge is 0.456 e. The minimum Gasteiger partial charge on any atom is -0.456 e. The van der Waals surface area contributed by atoms with Gasteiger partial charge in [-0.05, 0) is 125 Å². The topological polar surface area (TPSA) is 16.4 Å². The van der Waals surface area contributed by atoms with Crippen molar-refractivity contribution >= 4 is 33.2 Å². The van der Waals surface area contributed by atoms with E-state index >= 15 is 0 Å². The first-order valence-electron chi connectivity index (χ1n) is 20.4. The Kier molecular flexibility index (Phi) is 7.46. The summed E-state index contributed by atoms with van der Waals surface area (Å²) >= 11 is 0. The summed E-state index contributed by atoms with van der Waals surface area (Å²) in [4.78, 5) is 2.74. The zero-order valence-electron chi connectivity index (χ0n) is 31.7. The van der Waals surface area contributed by atoms with E-state index in [1.165, 1.54) is 72.2 Å². The van der Waals surface area contributed by atoms with Crippen LogP contribution in [-0.4, -0.2) is 6.04 Å². The highest BCUT2D eigenvalue weighted by Crippen LogP contribution is 2.63. The first-order valence-corrected chi connectivity index (χ1v) is 20.4. The van der Waals surface area contributed by atoms with E-state index in [2.05, 4.69) is 170 Å². The molecule has 1 spiro atoms. The van der Waals surface area contributed by atoms with Crippen molar-refractivity contribution in [2.75, 3.05) is 4.90 Å². The van der Waals surface area contributed by atoms with Gasteiger partial charge in [-0.2, -0.15) is 0 Å². The van der Waals surface area contributed by atoms with E-state index in [0.29, 0.717) is 12.0 Å². The molecule has 7 aromatic rings. The quantitative estimate of drug-likeness (QED) is 0.164. The molecule has 0 radical (unpaired) electrons. The molecular formula is C53H45NO. The second kappa shape index (κ2) is 12.6. The lowest BCUT2D eigenvalue weighted by atomic mass is 9.70. The second-order valence-electron chi connectivity index (χ2n) is 15.9. The smallest absolute Gasteiger partial charge is 0.135 e. The number of aryl methyl sites for hydroxylation is 1. The maximum absolute atomic E-state index is 6.47. The molecule has 0 saturated carbocycles. The van der Waals surface area contributed by atoms with Gasteiger partial charge >= 0.3 is 0 Å². The number of rotatable bonds is 7. The van der Waals surface area contributed by atoms with Crippen LogP contribution in [0.5, 0.6) is 0 Å². The zero-order valence-corrected chi connectivity index (χ0v) is 31.7. The van der Waals surface area contributed by atoms with Crippen LogP contribution >= 0.6 is 0 Å².